The van der Waals surface area contributed by atoms with Crippen molar-refractivity contribution in [2.24, 2.45) is 13.0 Å². The first kappa shape index (κ1) is 19.7. The molecule has 8 heteroatoms. The van der Waals surface area contributed by atoms with Crippen LogP contribution in [-0.2, 0) is 11.8 Å². The number of nitrogen functional groups attached to an aromatic ring is 1. The fourth-order valence-corrected chi connectivity index (χ4v) is 3.74. The van der Waals surface area contributed by atoms with Crippen molar-refractivity contribution in [2.75, 3.05) is 11.1 Å². The number of anilines is 2. The molecule has 32 heavy (non-hydrogen) atoms. The van der Waals surface area contributed by atoms with Crippen LogP contribution in [0.4, 0.5) is 11.6 Å². The number of nitrogens with zero attached hydrogens (tertiary/aromatic N) is 5. The summed E-state index contributed by atoms with van der Waals surface area (Å²) in [6.07, 6.45) is 9.67. The molecule has 158 valence electrons. The molecule has 1 fully saturated rings. The summed E-state index contributed by atoms with van der Waals surface area (Å²) in [5, 5.41) is 8.64. The lowest BCUT2D eigenvalue weighted by atomic mass is 10.1. The van der Waals surface area contributed by atoms with E-state index in [0.29, 0.717) is 22.7 Å². The molecule has 0 unspecified atom stereocenters. The van der Waals surface area contributed by atoms with Crippen LogP contribution < -0.4 is 11.1 Å². The lowest BCUT2D eigenvalue weighted by molar-refractivity contribution is -0.117. The van der Waals surface area contributed by atoms with Crippen molar-refractivity contribution in [3.05, 3.63) is 71.6 Å². The average Bonchev–Trinajstić information content (AvgIpc) is 3.46. The van der Waals surface area contributed by atoms with E-state index in [4.69, 9.17) is 5.73 Å². The fraction of sp³-hybridized carbons (Fsp3) is 0.208. The Balaban J connectivity index is 1.36. The number of carbonyl (C=O) groups is 1. The van der Waals surface area contributed by atoms with Crippen LogP contribution in [0, 0.1) is 24.7 Å². The molecule has 0 saturated heterocycles. The molecule has 3 N–H and O–H groups in total. The molecule has 4 heterocycles. The first-order valence-corrected chi connectivity index (χ1v) is 10.3. The van der Waals surface area contributed by atoms with Crippen LogP contribution >= 0.6 is 0 Å². The highest BCUT2D eigenvalue weighted by atomic mass is 16.2. The fourth-order valence-electron chi connectivity index (χ4n) is 3.74. The minimum absolute atomic E-state index is 0.0419. The number of nitrogens with two attached hydrogens (primary N) is 1. The van der Waals surface area contributed by atoms with Gasteiger partial charge in [0.05, 0.1) is 6.20 Å². The minimum Gasteiger partial charge on any atom is -0.383 e. The molecule has 0 spiro atoms. The highest BCUT2D eigenvalue weighted by molar-refractivity contribution is 5.98. The molecule has 4 aromatic heterocycles. The molecule has 1 aliphatic carbocycles. The second kappa shape index (κ2) is 7.78. The van der Waals surface area contributed by atoms with Gasteiger partial charge in [-0.3, -0.25) is 14.5 Å². The van der Waals surface area contributed by atoms with Gasteiger partial charge in [0.1, 0.15) is 17.3 Å². The highest BCUT2D eigenvalue weighted by Gasteiger charge is 2.44. The molecule has 4 aromatic rings. The smallest absolute Gasteiger partial charge is 0.229 e. The van der Waals surface area contributed by atoms with Crippen LogP contribution in [-0.4, -0.2) is 30.6 Å². The average molecular weight is 423 g/mol. The number of hydrogen-bond acceptors (Lipinski definition) is 6. The Morgan fingerprint density at radius 1 is 1.25 bits per heavy atom. The number of nitrogens with one attached hydrogen (secondary N) is 1. The van der Waals surface area contributed by atoms with Gasteiger partial charge in [-0.25, -0.2) is 9.97 Å². The third-order valence-electron chi connectivity index (χ3n) is 5.64. The van der Waals surface area contributed by atoms with Crippen molar-refractivity contribution in [1.29, 1.82) is 0 Å². The van der Waals surface area contributed by atoms with Crippen molar-refractivity contribution in [3.8, 4) is 11.8 Å². The predicted octanol–water partition coefficient (Wildman–Crippen LogP) is 2.79. The molecule has 1 amide bonds. The van der Waals surface area contributed by atoms with Crippen LogP contribution in [0.3, 0.4) is 0 Å². The van der Waals surface area contributed by atoms with E-state index < -0.39 is 0 Å². The third kappa shape index (κ3) is 3.88. The Morgan fingerprint density at radius 2 is 2.12 bits per heavy atom. The number of hydrogen-bond donors (Lipinski definition) is 2. The molecule has 0 aliphatic heterocycles. The number of carbonyl (C=O) groups excluding carboxylic acids is 1. The van der Waals surface area contributed by atoms with Gasteiger partial charge in [-0.05, 0) is 59.9 Å². The third-order valence-corrected chi connectivity index (χ3v) is 5.64. The van der Waals surface area contributed by atoms with E-state index in [1.165, 1.54) is 0 Å². The van der Waals surface area contributed by atoms with E-state index in [1.807, 2.05) is 38.5 Å². The van der Waals surface area contributed by atoms with E-state index >= 15 is 0 Å². The number of fused-ring (bicyclic) bond motifs is 1. The molecule has 5 rings (SSSR count). The van der Waals surface area contributed by atoms with Crippen molar-refractivity contribution in [3.63, 3.8) is 0 Å². The molecular weight excluding hydrogens is 402 g/mol. The molecule has 1 aliphatic rings. The van der Waals surface area contributed by atoms with Gasteiger partial charge in [0.15, 0.2) is 0 Å². The van der Waals surface area contributed by atoms with E-state index in [-0.39, 0.29) is 17.7 Å². The van der Waals surface area contributed by atoms with Crippen molar-refractivity contribution in [2.45, 2.75) is 19.3 Å². The summed E-state index contributed by atoms with van der Waals surface area (Å²) in [5.41, 5.74) is 9.63. The zero-order chi connectivity index (χ0) is 22.2. The van der Waals surface area contributed by atoms with Gasteiger partial charge in [-0.15, -0.1) is 0 Å². The maximum absolute atomic E-state index is 12.7. The van der Waals surface area contributed by atoms with Crippen molar-refractivity contribution in [1.82, 2.24) is 24.7 Å². The summed E-state index contributed by atoms with van der Waals surface area (Å²) in [4.78, 5) is 25.5. The second-order valence-corrected chi connectivity index (χ2v) is 8.01. The summed E-state index contributed by atoms with van der Waals surface area (Å²) in [7, 11) is 1.87. The van der Waals surface area contributed by atoms with E-state index in [1.54, 1.807) is 29.3 Å². The minimum atomic E-state index is -0.0663. The second-order valence-electron chi connectivity index (χ2n) is 8.01. The Kier molecular flexibility index (Phi) is 4.79. The van der Waals surface area contributed by atoms with E-state index in [2.05, 4.69) is 37.2 Å². The lowest BCUT2D eigenvalue weighted by Gasteiger charge is -2.07. The number of aryl methyl sites for hydroxylation is 2. The first-order valence-electron chi connectivity index (χ1n) is 10.3. The Hall–Kier alpha value is -4.25. The normalized spacial score (nSPS) is 16.9. The van der Waals surface area contributed by atoms with Gasteiger partial charge in [-0.2, -0.15) is 5.10 Å². The van der Waals surface area contributed by atoms with Crippen LogP contribution in [0.2, 0.25) is 0 Å². The number of aromatic nitrogens is 5. The zero-order valence-electron chi connectivity index (χ0n) is 17.7. The maximum Gasteiger partial charge on any atom is 0.229 e. The van der Waals surface area contributed by atoms with Crippen LogP contribution in [0.1, 0.15) is 34.7 Å². The largest absolute Gasteiger partial charge is 0.383 e. The molecule has 2 atom stereocenters. The van der Waals surface area contributed by atoms with Crippen molar-refractivity contribution >= 4 is 28.3 Å². The first-order chi connectivity index (χ1) is 15.5. The van der Waals surface area contributed by atoms with E-state index in [9.17, 15) is 4.79 Å². The SMILES string of the molecule is Cc1ccncc1C#Cc1cc2cc(NC(=O)[C@H]3C[C@@H]3c3cnn(C)c3)ncc2c(N)n1. The molecule has 0 bridgehead atoms. The summed E-state index contributed by atoms with van der Waals surface area (Å²) in [6, 6.07) is 5.55. The van der Waals surface area contributed by atoms with Gasteiger partial charge < -0.3 is 11.1 Å². The highest BCUT2D eigenvalue weighted by Crippen LogP contribution is 2.47. The molecule has 0 radical (unpaired) electrons. The molecule has 0 aromatic carbocycles. The lowest BCUT2D eigenvalue weighted by Crippen LogP contribution is -2.15. The standard InChI is InChI=1S/C24H21N7O/c1-14-5-6-26-10-15(14)3-4-18-7-16-8-22(27-12-21(16)23(25)29-18)30-24(32)20-9-19(20)17-11-28-31(2)13-17/h5-8,10-13,19-20H,9H2,1-2H3,(H2,25,29)(H,27,30,32)/t19-,20+/m1/s1. The van der Waals surface area contributed by atoms with E-state index in [0.717, 1.165) is 28.5 Å². The number of amides is 1. The maximum atomic E-state index is 12.7. The zero-order valence-corrected chi connectivity index (χ0v) is 17.7. The summed E-state index contributed by atoms with van der Waals surface area (Å²) in [6.45, 7) is 1.98. The summed E-state index contributed by atoms with van der Waals surface area (Å²) in [5.74, 6) is 7.07. The van der Waals surface area contributed by atoms with Gasteiger partial charge in [0.2, 0.25) is 5.91 Å². The van der Waals surface area contributed by atoms with Crippen LogP contribution in [0.15, 0.2) is 49.2 Å². The van der Waals surface area contributed by atoms with Crippen molar-refractivity contribution < 1.29 is 4.79 Å². The Morgan fingerprint density at radius 3 is 2.91 bits per heavy atom. The van der Waals surface area contributed by atoms with Gasteiger partial charge in [-0.1, -0.05) is 5.92 Å². The van der Waals surface area contributed by atoms with Gasteiger partial charge >= 0.3 is 0 Å². The Bertz CT molecular complexity index is 1410. The molecular formula is C24H21N7O. The number of pyridine rings is 3. The number of rotatable bonds is 3. The topological polar surface area (TPSA) is 112 Å². The predicted molar refractivity (Wildman–Crippen MR) is 122 cm³/mol. The molecule has 8 nitrogen and oxygen atoms in total. The summed E-state index contributed by atoms with van der Waals surface area (Å²) >= 11 is 0. The summed E-state index contributed by atoms with van der Waals surface area (Å²) < 4.78 is 1.75. The molecule has 1 saturated carbocycles. The van der Waals surface area contributed by atoms with Gasteiger partial charge in [0.25, 0.3) is 0 Å². The van der Waals surface area contributed by atoms with Crippen LogP contribution in [0.25, 0.3) is 10.8 Å². The monoisotopic (exact) mass is 423 g/mol. The van der Waals surface area contributed by atoms with Gasteiger partial charge in [0, 0.05) is 48.7 Å². The Labute approximate surface area is 184 Å². The van der Waals surface area contributed by atoms with Crippen LogP contribution in [0.5, 0.6) is 0 Å². The quantitative estimate of drug-likeness (QED) is 0.490.